The highest BCUT2D eigenvalue weighted by atomic mass is 32.2. The quantitative estimate of drug-likeness (QED) is 0.678. The maximum Gasteiger partial charge on any atom is 0.166 e. The van der Waals surface area contributed by atoms with E-state index in [9.17, 15) is 18.0 Å². The van der Waals surface area contributed by atoms with E-state index >= 15 is 0 Å². The van der Waals surface area contributed by atoms with E-state index in [0.29, 0.717) is 11.1 Å². The van der Waals surface area contributed by atoms with E-state index in [1.807, 2.05) is 0 Å². The minimum atomic E-state index is -3.53. The van der Waals surface area contributed by atoms with E-state index < -0.39 is 21.7 Å². The molecule has 0 aliphatic rings. The van der Waals surface area contributed by atoms with Crippen molar-refractivity contribution < 1.29 is 18.0 Å². The summed E-state index contributed by atoms with van der Waals surface area (Å²) >= 11 is 0. The van der Waals surface area contributed by atoms with Gasteiger partial charge < -0.3 is 0 Å². The summed E-state index contributed by atoms with van der Waals surface area (Å²) in [5.74, 6) is -2.21. The van der Waals surface area contributed by atoms with E-state index in [1.165, 1.54) is 0 Å². The SMILES string of the molecule is CC(CS(=O)(=O)CC(C)C(=O)c1ccccc1)C(=O)c1ccccc1. The van der Waals surface area contributed by atoms with Crippen molar-refractivity contribution in [3.05, 3.63) is 71.8 Å². The molecule has 5 heteroatoms. The number of ketones is 2. The monoisotopic (exact) mass is 358 g/mol. The summed E-state index contributed by atoms with van der Waals surface area (Å²) in [5, 5.41) is 0. The highest BCUT2D eigenvalue weighted by Gasteiger charge is 2.27. The van der Waals surface area contributed by atoms with Crippen LogP contribution in [-0.2, 0) is 9.84 Å². The predicted molar refractivity (Wildman–Crippen MR) is 98.5 cm³/mol. The van der Waals surface area contributed by atoms with Crippen molar-refractivity contribution in [1.82, 2.24) is 0 Å². The lowest BCUT2D eigenvalue weighted by atomic mass is 10.0. The third-order valence-corrected chi connectivity index (χ3v) is 6.04. The van der Waals surface area contributed by atoms with Crippen LogP contribution >= 0.6 is 0 Å². The Labute approximate surface area is 148 Å². The van der Waals surface area contributed by atoms with E-state index in [4.69, 9.17) is 0 Å². The molecule has 2 aromatic rings. The summed E-state index contributed by atoms with van der Waals surface area (Å²) in [6.07, 6.45) is 0. The van der Waals surface area contributed by atoms with Crippen LogP contribution < -0.4 is 0 Å². The Morgan fingerprint density at radius 1 is 0.720 bits per heavy atom. The first-order valence-corrected chi connectivity index (χ1v) is 10.0. The third-order valence-electron chi connectivity index (χ3n) is 4.02. The molecule has 0 spiro atoms. The van der Waals surface area contributed by atoms with Crippen molar-refractivity contribution >= 4 is 21.4 Å². The molecule has 2 atom stereocenters. The largest absolute Gasteiger partial charge is 0.294 e. The lowest BCUT2D eigenvalue weighted by Gasteiger charge is -2.14. The maximum absolute atomic E-state index is 12.4. The van der Waals surface area contributed by atoms with Crippen molar-refractivity contribution in [2.24, 2.45) is 11.8 Å². The minimum absolute atomic E-state index is 0.203. The van der Waals surface area contributed by atoms with Crippen LogP contribution in [0.25, 0.3) is 0 Å². The molecule has 0 saturated carbocycles. The van der Waals surface area contributed by atoms with Crippen molar-refractivity contribution in [3.63, 3.8) is 0 Å². The maximum atomic E-state index is 12.4. The number of carbonyl (C=O) groups is 2. The summed E-state index contributed by atoms with van der Waals surface area (Å²) < 4.78 is 24.8. The number of hydrogen-bond donors (Lipinski definition) is 0. The molecule has 0 aliphatic carbocycles. The number of benzene rings is 2. The highest BCUT2D eigenvalue weighted by molar-refractivity contribution is 7.91. The molecule has 25 heavy (non-hydrogen) atoms. The van der Waals surface area contributed by atoms with Gasteiger partial charge in [-0.1, -0.05) is 74.5 Å². The Hall–Kier alpha value is -2.27. The van der Waals surface area contributed by atoms with Crippen LogP contribution in [0.2, 0.25) is 0 Å². The van der Waals surface area contributed by atoms with Gasteiger partial charge in [-0.15, -0.1) is 0 Å². The molecule has 0 N–H and O–H groups in total. The molecule has 0 bridgehead atoms. The summed E-state index contributed by atoms with van der Waals surface area (Å²) in [6.45, 7) is 3.22. The molecule has 0 saturated heterocycles. The van der Waals surface area contributed by atoms with Gasteiger partial charge in [0.25, 0.3) is 0 Å². The second kappa shape index (κ2) is 8.21. The van der Waals surface area contributed by atoms with Crippen LogP contribution in [0, 0.1) is 11.8 Å². The fourth-order valence-electron chi connectivity index (χ4n) is 2.76. The molecule has 2 aromatic carbocycles. The zero-order chi connectivity index (χ0) is 18.4. The second-order valence-electron chi connectivity index (χ2n) is 6.34. The number of sulfone groups is 1. The standard InChI is InChI=1S/C20H22O4S/c1-15(19(21)17-9-5-3-6-10-17)13-25(23,24)14-16(2)20(22)18-11-7-4-8-12-18/h3-12,15-16H,13-14H2,1-2H3. The molecule has 132 valence electrons. The van der Waals surface area contributed by atoms with Gasteiger partial charge in [-0.2, -0.15) is 0 Å². The van der Waals surface area contributed by atoms with Crippen LogP contribution in [0.3, 0.4) is 0 Å². The van der Waals surface area contributed by atoms with Crippen molar-refractivity contribution in [2.45, 2.75) is 13.8 Å². The van der Waals surface area contributed by atoms with Crippen LogP contribution in [0.4, 0.5) is 0 Å². The molecule has 0 radical (unpaired) electrons. The van der Waals surface area contributed by atoms with Gasteiger partial charge in [-0.3, -0.25) is 9.59 Å². The molecular formula is C20H22O4S. The minimum Gasteiger partial charge on any atom is -0.294 e. The molecular weight excluding hydrogens is 336 g/mol. The zero-order valence-corrected chi connectivity index (χ0v) is 15.2. The van der Waals surface area contributed by atoms with Crippen LogP contribution in [-0.4, -0.2) is 31.5 Å². The fourth-order valence-corrected chi connectivity index (χ4v) is 4.72. The Morgan fingerprint density at radius 3 is 1.36 bits per heavy atom. The average Bonchev–Trinajstić information content (AvgIpc) is 2.61. The van der Waals surface area contributed by atoms with Gasteiger partial charge in [0.2, 0.25) is 0 Å². The van der Waals surface area contributed by atoms with E-state index in [-0.39, 0.29) is 23.1 Å². The Bertz CT molecular complexity index is 761. The van der Waals surface area contributed by atoms with Gasteiger partial charge in [-0.05, 0) is 0 Å². The van der Waals surface area contributed by atoms with Gasteiger partial charge >= 0.3 is 0 Å². The normalized spacial score (nSPS) is 13.8. The highest BCUT2D eigenvalue weighted by Crippen LogP contribution is 2.15. The number of hydrogen-bond acceptors (Lipinski definition) is 4. The van der Waals surface area contributed by atoms with Gasteiger partial charge in [0.05, 0.1) is 11.5 Å². The predicted octanol–water partition coefficient (Wildman–Crippen LogP) is 3.44. The van der Waals surface area contributed by atoms with Gasteiger partial charge in [-0.25, -0.2) is 8.42 Å². The molecule has 0 fully saturated rings. The van der Waals surface area contributed by atoms with Gasteiger partial charge in [0.1, 0.15) is 0 Å². The van der Waals surface area contributed by atoms with E-state index in [0.717, 1.165) is 0 Å². The van der Waals surface area contributed by atoms with Crippen LogP contribution in [0.1, 0.15) is 34.6 Å². The third kappa shape index (κ3) is 5.36. The first-order chi connectivity index (χ1) is 11.8. The Kier molecular flexibility index (Phi) is 6.26. The molecule has 0 aromatic heterocycles. The number of carbonyl (C=O) groups excluding carboxylic acids is 2. The Morgan fingerprint density at radius 2 is 1.04 bits per heavy atom. The van der Waals surface area contributed by atoms with Gasteiger partial charge in [0.15, 0.2) is 21.4 Å². The number of rotatable bonds is 8. The topological polar surface area (TPSA) is 68.3 Å². The zero-order valence-electron chi connectivity index (χ0n) is 14.4. The smallest absolute Gasteiger partial charge is 0.166 e. The fraction of sp³-hybridized carbons (Fsp3) is 0.300. The second-order valence-corrected chi connectivity index (χ2v) is 8.49. The summed E-state index contributed by atoms with van der Waals surface area (Å²) in [7, 11) is -3.53. The van der Waals surface area contributed by atoms with E-state index in [2.05, 4.69) is 0 Å². The van der Waals surface area contributed by atoms with E-state index in [1.54, 1.807) is 74.5 Å². The Balaban J connectivity index is 2.01. The molecule has 0 amide bonds. The summed E-state index contributed by atoms with van der Waals surface area (Å²) in [4.78, 5) is 24.7. The summed E-state index contributed by atoms with van der Waals surface area (Å²) in [6, 6.07) is 17.3. The number of Topliss-reactive ketones (excluding diaryl/α,β-unsaturated/α-hetero) is 2. The van der Waals surface area contributed by atoms with Crippen molar-refractivity contribution in [1.29, 1.82) is 0 Å². The van der Waals surface area contributed by atoms with Crippen molar-refractivity contribution in [3.8, 4) is 0 Å². The molecule has 0 aliphatic heterocycles. The molecule has 4 nitrogen and oxygen atoms in total. The van der Waals surface area contributed by atoms with Crippen LogP contribution in [0.15, 0.2) is 60.7 Å². The molecule has 2 unspecified atom stereocenters. The summed E-state index contributed by atoms with van der Waals surface area (Å²) in [5.41, 5.74) is 0.997. The lowest BCUT2D eigenvalue weighted by Crippen LogP contribution is -2.28. The first kappa shape index (κ1) is 19.1. The van der Waals surface area contributed by atoms with Crippen molar-refractivity contribution in [2.75, 3.05) is 11.5 Å². The molecule has 0 heterocycles. The average molecular weight is 358 g/mol. The molecule has 2 rings (SSSR count). The van der Waals surface area contributed by atoms with Crippen LogP contribution in [0.5, 0.6) is 0 Å². The van der Waals surface area contributed by atoms with Gasteiger partial charge in [0, 0.05) is 23.0 Å². The first-order valence-electron chi connectivity index (χ1n) is 8.19. The lowest BCUT2D eigenvalue weighted by molar-refractivity contribution is 0.0937.